The molecule has 2 heteroatoms. The SMILES string of the molecule is CC1(C)CCC(Oc2ccccc2O)CC1. The maximum atomic E-state index is 9.62. The van der Waals surface area contributed by atoms with Gasteiger partial charge in [0.1, 0.15) is 0 Å². The van der Waals surface area contributed by atoms with Crippen LogP contribution in [0.25, 0.3) is 0 Å². The summed E-state index contributed by atoms with van der Waals surface area (Å²) in [5.41, 5.74) is 0.457. The smallest absolute Gasteiger partial charge is 0.161 e. The molecule has 0 radical (unpaired) electrons. The first kappa shape index (κ1) is 11.3. The topological polar surface area (TPSA) is 29.5 Å². The Hall–Kier alpha value is -1.18. The highest BCUT2D eigenvalue weighted by Gasteiger charge is 2.28. The van der Waals surface area contributed by atoms with Gasteiger partial charge in [0.2, 0.25) is 0 Å². The van der Waals surface area contributed by atoms with E-state index in [0.29, 0.717) is 11.2 Å². The summed E-state index contributed by atoms with van der Waals surface area (Å²) in [6.45, 7) is 4.62. The molecule has 0 bridgehead atoms. The van der Waals surface area contributed by atoms with Gasteiger partial charge in [0.05, 0.1) is 6.10 Å². The lowest BCUT2D eigenvalue weighted by atomic mass is 9.76. The first-order chi connectivity index (χ1) is 7.57. The number of rotatable bonds is 2. The minimum atomic E-state index is 0.243. The molecular weight excluding hydrogens is 200 g/mol. The summed E-state index contributed by atoms with van der Waals surface area (Å²) in [6.07, 6.45) is 4.83. The first-order valence-electron chi connectivity index (χ1n) is 6.01. The largest absolute Gasteiger partial charge is 0.504 e. The van der Waals surface area contributed by atoms with E-state index in [9.17, 15) is 5.11 Å². The second kappa shape index (κ2) is 4.36. The zero-order valence-electron chi connectivity index (χ0n) is 10.1. The van der Waals surface area contributed by atoms with Gasteiger partial charge in [0.15, 0.2) is 11.5 Å². The van der Waals surface area contributed by atoms with Gasteiger partial charge in [0, 0.05) is 0 Å². The Labute approximate surface area is 97.3 Å². The van der Waals surface area contributed by atoms with Crippen LogP contribution in [0.15, 0.2) is 24.3 Å². The highest BCUT2D eigenvalue weighted by molar-refractivity contribution is 5.38. The number of phenolic OH excluding ortho intramolecular Hbond substituents is 1. The Bertz CT molecular complexity index is 348. The van der Waals surface area contributed by atoms with Gasteiger partial charge in [-0.1, -0.05) is 26.0 Å². The lowest BCUT2D eigenvalue weighted by Gasteiger charge is -2.34. The Morgan fingerprint density at radius 2 is 1.81 bits per heavy atom. The van der Waals surface area contributed by atoms with Crippen LogP contribution in [-0.4, -0.2) is 11.2 Å². The van der Waals surface area contributed by atoms with Crippen LogP contribution in [-0.2, 0) is 0 Å². The van der Waals surface area contributed by atoms with Crippen molar-refractivity contribution in [2.24, 2.45) is 5.41 Å². The zero-order valence-corrected chi connectivity index (χ0v) is 10.1. The molecule has 1 aromatic carbocycles. The normalized spacial score (nSPS) is 20.6. The lowest BCUT2D eigenvalue weighted by molar-refractivity contribution is 0.0962. The van der Waals surface area contributed by atoms with Crippen LogP contribution in [0.1, 0.15) is 39.5 Å². The van der Waals surface area contributed by atoms with Crippen LogP contribution in [0.2, 0.25) is 0 Å². The first-order valence-corrected chi connectivity index (χ1v) is 6.01. The average Bonchev–Trinajstić information content (AvgIpc) is 2.24. The third-order valence-electron chi connectivity index (χ3n) is 3.45. The van der Waals surface area contributed by atoms with Gasteiger partial charge in [-0.3, -0.25) is 0 Å². The maximum absolute atomic E-state index is 9.62. The molecule has 0 amide bonds. The van der Waals surface area contributed by atoms with Gasteiger partial charge >= 0.3 is 0 Å². The Balaban J connectivity index is 1.95. The summed E-state index contributed by atoms with van der Waals surface area (Å²) in [7, 11) is 0. The lowest BCUT2D eigenvalue weighted by Crippen LogP contribution is -2.28. The van der Waals surface area contributed by atoms with Crippen LogP contribution < -0.4 is 4.74 Å². The van der Waals surface area contributed by atoms with Gasteiger partial charge < -0.3 is 9.84 Å². The molecule has 1 aromatic rings. The molecule has 2 rings (SSSR count). The van der Waals surface area contributed by atoms with Gasteiger partial charge in [-0.2, -0.15) is 0 Å². The summed E-state index contributed by atoms with van der Waals surface area (Å²) in [6, 6.07) is 7.20. The van der Waals surface area contributed by atoms with Crippen LogP contribution >= 0.6 is 0 Å². The molecule has 0 spiro atoms. The fourth-order valence-electron chi connectivity index (χ4n) is 2.23. The van der Waals surface area contributed by atoms with Gasteiger partial charge in [-0.05, 0) is 43.2 Å². The third-order valence-corrected chi connectivity index (χ3v) is 3.45. The van der Waals surface area contributed by atoms with Crippen molar-refractivity contribution in [2.45, 2.75) is 45.6 Å². The molecule has 0 heterocycles. The second-order valence-electron chi connectivity index (χ2n) is 5.45. The Morgan fingerprint density at radius 3 is 2.44 bits per heavy atom. The average molecular weight is 220 g/mol. The number of benzene rings is 1. The molecule has 0 saturated heterocycles. The van der Waals surface area contributed by atoms with Gasteiger partial charge in [-0.15, -0.1) is 0 Å². The molecule has 1 aliphatic carbocycles. The number of aromatic hydroxyl groups is 1. The summed E-state index contributed by atoms with van der Waals surface area (Å²) in [4.78, 5) is 0. The minimum Gasteiger partial charge on any atom is -0.504 e. The third kappa shape index (κ3) is 2.69. The van der Waals surface area contributed by atoms with Crippen molar-refractivity contribution in [1.82, 2.24) is 0 Å². The molecule has 0 unspecified atom stereocenters. The fourth-order valence-corrected chi connectivity index (χ4v) is 2.23. The van der Waals surface area contributed by atoms with Crippen LogP contribution in [0.3, 0.4) is 0 Å². The Kier molecular flexibility index (Phi) is 3.08. The fraction of sp³-hybridized carbons (Fsp3) is 0.571. The number of hydrogen-bond donors (Lipinski definition) is 1. The number of hydrogen-bond acceptors (Lipinski definition) is 2. The summed E-state index contributed by atoms with van der Waals surface area (Å²) >= 11 is 0. The molecule has 16 heavy (non-hydrogen) atoms. The predicted molar refractivity (Wildman–Crippen MR) is 64.8 cm³/mol. The van der Waals surface area contributed by atoms with Crippen molar-refractivity contribution in [2.75, 3.05) is 0 Å². The maximum Gasteiger partial charge on any atom is 0.161 e. The molecule has 0 aliphatic heterocycles. The van der Waals surface area contributed by atoms with Crippen LogP contribution in [0, 0.1) is 5.41 Å². The molecule has 1 N–H and O–H groups in total. The Morgan fingerprint density at radius 1 is 1.19 bits per heavy atom. The molecule has 0 atom stereocenters. The van der Waals surface area contributed by atoms with Crippen molar-refractivity contribution in [3.63, 3.8) is 0 Å². The zero-order chi connectivity index (χ0) is 11.6. The van der Waals surface area contributed by atoms with Crippen LogP contribution in [0.4, 0.5) is 0 Å². The van der Waals surface area contributed by atoms with Crippen molar-refractivity contribution in [1.29, 1.82) is 0 Å². The number of ether oxygens (including phenoxy) is 1. The van der Waals surface area contributed by atoms with Crippen molar-refractivity contribution >= 4 is 0 Å². The molecule has 1 aliphatic rings. The standard InChI is InChI=1S/C14H20O2/c1-14(2)9-7-11(8-10-14)16-13-6-4-3-5-12(13)15/h3-6,11,15H,7-10H2,1-2H3. The minimum absolute atomic E-state index is 0.243. The van der Waals surface area contributed by atoms with E-state index in [1.165, 1.54) is 12.8 Å². The van der Waals surface area contributed by atoms with Crippen molar-refractivity contribution in [3.8, 4) is 11.5 Å². The molecule has 88 valence electrons. The van der Waals surface area contributed by atoms with E-state index in [2.05, 4.69) is 13.8 Å². The summed E-state index contributed by atoms with van der Waals surface area (Å²) in [5, 5.41) is 9.62. The van der Waals surface area contributed by atoms with Crippen molar-refractivity contribution < 1.29 is 9.84 Å². The number of para-hydroxylation sites is 2. The highest BCUT2D eigenvalue weighted by atomic mass is 16.5. The molecule has 1 saturated carbocycles. The summed E-state index contributed by atoms with van der Waals surface area (Å²) in [5.74, 6) is 0.861. The van der Waals surface area contributed by atoms with Crippen LogP contribution in [0.5, 0.6) is 11.5 Å². The molecule has 0 aromatic heterocycles. The molecular formula is C14H20O2. The van der Waals surface area contributed by atoms with Gasteiger partial charge in [0.25, 0.3) is 0 Å². The monoisotopic (exact) mass is 220 g/mol. The van der Waals surface area contributed by atoms with E-state index in [0.717, 1.165) is 12.8 Å². The summed E-state index contributed by atoms with van der Waals surface area (Å²) < 4.78 is 5.83. The highest BCUT2D eigenvalue weighted by Crippen LogP contribution is 2.37. The molecule has 2 nitrogen and oxygen atoms in total. The van der Waals surface area contributed by atoms with E-state index in [4.69, 9.17) is 4.74 Å². The van der Waals surface area contributed by atoms with Gasteiger partial charge in [-0.25, -0.2) is 0 Å². The van der Waals surface area contributed by atoms with E-state index in [1.807, 2.05) is 18.2 Å². The van der Waals surface area contributed by atoms with Crippen molar-refractivity contribution in [3.05, 3.63) is 24.3 Å². The second-order valence-corrected chi connectivity index (χ2v) is 5.45. The molecule has 1 fully saturated rings. The van der Waals surface area contributed by atoms with E-state index >= 15 is 0 Å². The quantitative estimate of drug-likeness (QED) is 0.822. The van der Waals surface area contributed by atoms with E-state index < -0.39 is 0 Å². The predicted octanol–water partition coefficient (Wildman–Crippen LogP) is 3.74. The van der Waals surface area contributed by atoms with E-state index in [1.54, 1.807) is 6.07 Å². The number of phenols is 1. The van der Waals surface area contributed by atoms with E-state index in [-0.39, 0.29) is 11.9 Å².